The molecule has 3 N–H and O–H groups in total. The second-order valence-electron chi connectivity index (χ2n) is 4.39. The van der Waals surface area contributed by atoms with Gasteiger partial charge >= 0.3 is 0 Å². The monoisotopic (exact) mass is 303 g/mol. The second-order valence-corrected chi connectivity index (χ2v) is 6.08. The first-order chi connectivity index (χ1) is 10.1. The van der Waals surface area contributed by atoms with Crippen LogP contribution < -0.4 is 10.0 Å². The van der Waals surface area contributed by atoms with Crippen LogP contribution in [0.4, 0.5) is 11.5 Å². The molecule has 0 bridgehead atoms. The lowest BCUT2D eigenvalue weighted by Gasteiger charge is -2.07. The van der Waals surface area contributed by atoms with E-state index in [4.69, 9.17) is 0 Å². The van der Waals surface area contributed by atoms with Crippen LogP contribution in [0.1, 0.15) is 0 Å². The normalized spacial score (nSPS) is 11.5. The number of nitrogens with zero attached hydrogens (tertiary/aromatic N) is 2. The van der Waals surface area contributed by atoms with E-state index in [1.54, 1.807) is 25.2 Å². The SMILES string of the molecule is CNc1ccc2cc(S(=O)(=O)Nc3cn[nH]c3)ccc2n1. The quantitative estimate of drug-likeness (QED) is 0.682. The zero-order valence-corrected chi connectivity index (χ0v) is 12.0. The number of fused-ring (bicyclic) bond motifs is 1. The van der Waals surface area contributed by atoms with Crippen LogP contribution in [0.2, 0.25) is 0 Å². The molecule has 0 amide bonds. The number of aromatic amines is 1. The fourth-order valence-electron chi connectivity index (χ4n) is 1.93. The van der Waals surface area contributed by atoms with Gasteiger partial charge in [-0.15, -0.1) is 0 Å². The Hall–Kier alpha value is -2.61. The average molecular weight is 303 g/mol. The largest absolute Gasteiger partial charge is 0.373 e. The van der Waals surface area contributed by atoms with Crippen LogP contribution >= 0.6 is 0 Å². The molecule has 0 spiro atoms. The van der Waals surface area contributed by atoms with Gasteiger partial charge in [0.05, 0.1) is 22.3 Å². The van der Waals surface area contributed by atoms with Crippen molar-refractivity contribution < 1.29 is 8.42 Å². The predicted molar refractivity (Wildman–Crippen MR) is 80.7 cm³/mol. The lowest BCUT2D eigenvalue weighted by Crippen LogP contribution is -2.12. The summed E-state index contributed by atoms with van der Waals surface area (Å²) in [6, 6.07) is 8.41. The number of sulfonamides is 1. The highest BCUT2D eigenvalue weighted by Crippen LogP contribution is 2.21. The van der Waals surface area contributed by atoms with Crippen LogP contribution in [-0.2, 0) is 10.0 Å². The summed E-state index contributed by atoms with van der Waals surface area (Å²) in [6.45, 7) is 0. The molecule has 8 heteroatoms. The number of anilines is 2. The first-order valence-corrected chi connectivity index (χ1v) is 7.67. The van der Waals surface area contributed by atoms with E-state index in [1.807, 2.05) is 6.07 Å². The summed E-state index contributed by atoms with van der Waals surface area (Å²) < 4.78 is 27.0. The minimum absolute atomic E-state index is 0.176. The molecule has 0 saturated carbocycles. The smallest absolute Gasteiger partial charge is 0.262 e. The maximum absolute atomic E-state index is 12.3. The van der Waals surface area contributed by atoms with Crippen LogP contribution in [0.3, 0.4) is 0 Å². The van der Waals surface area contributed by atoms with Gasteiger partial charge in [0.1, 0.15) is 5.82 Å². The van der Waals surface area contributed by atoms with Gasteiger partial charge in [0, 0.05) is 18.6 Å². The van der Waals surface area contributed by atoms with Crippen molar-refractivity contribution in [1.82, 2.24) is 15.2 Å². The molecule has 0 aliphatic carbocycles. The Balaban J connectivity index is 2.00. The van der Waals surface area contributed by atoms with Crippen molar-refractivity contribution in [3.05, 3.63) is 42.7 Å². The van der Waals surface area contributed by atoms with E-state index in [0.717, 1.165) is 16.7 Å². The highest BCUT2D eigenvalue weighted by molar-refractivity contribution is 7.92. The molecule has 0 aliphatic heterocycles. The summed E-state index contributed by atoms with van der Waals surface area (Å²) in [5.41, 5.74) is 1.11. The van der Waals surface area contributed by atoms with Crippen molar-refractivity contribution in [3.63, 3.8) is 0 Å². The Kier molecular flexibility index (Phi) is 3.22. The number of nitrogens with one attached hydrogen (secondary N) is 3. The van der Waals surface area contributed by atoms with Crippen molar-refractivity contribution in [1.29, 1.82) is 0 Å². The minimum Gasteiger partial charge on any atom is -0.373 e. The number of pyridine rings is 1. The van der Waals surface area contributed by atoms with E-state index in [-0.39, 0.29) is 4.90 Å². The minimum atomic E-state index is -3.64. The number of hydrogen-bond acceptors (Lipinski definition) is 5. The maximum Gasteiger partial charge on any atom is 0.262 e. The van der Waals surface area contributed by atoms with Gasteiger partial charge in [0.25, 0.3) is 10.0 Å². The van der Waals surface area contributed by atoms with Gasteiger partial charge in [-0.1, -0.05) is 0 Å². The Bertz CT molecular complexity index is 875. The molecule has 108 valence electrons. The van der Waals surface area contributed by atoms with E-state index < -0.39 is 10.0 Å². The molecule has 7 nitrogen and oxygen atoms in total. The van der Waals surface area contributed by atoms with Gasteiger partial charge in [0.2, 0.25) is 0 Å². The topological polar surface area (TPSA) is 99.8 Å². The third-order valence-corrected chi connectivity index (χ3v) is 4.36. The first-order valence-electron chi connectivity index (χ1n) is 6.19. The Morgan fingerprint density at radius 3 is 2.76 bits per heavy atom. The molecule has 2 aromatic heterocycles. The standard InChI is InChI=1S/C13H13N5O2S/c1-14-13-5-2-9-6-11(3-4-12(9)17-13)21(19,20)18-10-7-15-16-8-10/h2-8,18H,1H3,(H,14,17)(H,15,16). The van der Waals surface area contributed by atoms with Gasteiger partial charge in [-0.3, -0.25) is 9.82 Å². The number of rotatable bonds is 4. The summed E-state index contributed by atoms with van der Waals surface area (Å²) >= 11 is 0. The van der Waals surface area contributed by atoms with E-state index in [1.165, 1.54) is 18.5 Å². The first kappa shape index (κ1) is 13.4. The van der Waals surface area contributed by atoms with Crippen molar-refractivity contribution in [3.8, 4) is 0 Å². The van der Waals surface area contributed by atoms with Crippen LogP contribution in [0.15, 0.2) is 47.6 Å². The summed E-state index contributed by atoms with van der Waals surface area (Å²) in [5.74, 6) is 0.731. The number of aromatic nitrogens is 3. The molecule has 0 saturated heterocycles. The third kappa shape index (κ3) is 2.65. The summed E-state index contributed by atoms with van der Waals surface area (Å²) in [4.78, 5) is 4.53. The number of hydrogen-bond donors (Lipinski definition) is 3. The molecule has 3 aromatic rings. The summed E-state index contributed by atoms with van der Waals surface area (Å²) in [7, 11) is -1.86. The molecule has 0 aliphatic rings. The zero-order chi connectivity index (χ0) is 14.9. The molecule has 1 aromatic carbocycles. The third-order valence-electron chi connectivity index (χ3n) is 2.98. The van der Waals surface area contributed by atoms with Crippen molar-refractivity contribution in [2.24, 2.45) is 0 Å². The zero-order valence-electron chi connectivity index (χ0n) is 11.2. The van der Waals surface area contributed by atoms with Gasteiger partial charge in [-0.2, -0.15) is 5.10 Å². The van der Waals surface area contributed by atoms with Crippen molar-refractivity contribution >= 4 is 32.4 Å². The van der Waals surface area contributed by atoms with E-state index in [2.05, 4.69) is 25.2 Å². The van der Waals surface area contributed by atoms with Crippen molar-refractivity contribution in [2.75, 3.05) is 17.1 Å². The van der Waals surface area contributed by atoms with Gasteiger partial charge in [-0.25, -0.2) is 13.4 Å². The van der Waals surface area contributed by atoms with Crippen molar-refractivity contribution in [2.45, 2.75) is 4.90 Å². The van der Waals surface area contributed by atoms with Crippen LogP contribution in [0, 0.1) is 0 Å². The molecule has 0 fully saturated rings. The summed E-state index contributed by atoms with van der Waals surface area (Å²) in [5, 5.41) is 9.95. The van der Waals surface area contributed by atoms with Crippen LogP contribution in [-0.4, -0.2) is 30.6 Å². The maximum atomic E-state index is 12.3. The molecule has 21 heavy (non-hydrogen) atoms. The highest BCUT2D eigenvalue weighted by atomic mass is 32.2. The molecular formula is C13H13N5O2S. The molecule has 0 radical (unpaired) electrons. The molecule has 2 heterocycles. The predicted octanol–water partition coefficient (Wildman–Crippen LogP) is 1.80. The fraction of sp³-hybridized carbons (Fsp3) is 0.0769. The Morgan fingerprint density at radius 1 is 1.19 bits per heavy atom. The fourth-order valence-corrected chi connectivity index (χ4v) is 3.00. The molecule has 0 unspecified atom stereocenters. The number of benzene rings is 1. The lowest BCUT2D eigenvalue weighted by atomic mass is 10.2. The Morgan fingerprint density at radius 2 is 2.05 bits per heavy atom. The summed E-state index contributed by atoms with van der Waals surface area (Å²) in [6.07, 6.45) is 2.87. The lowest BCUT2D eigenvalue weighted by molar-refractivity contribution is 0.601. The van der Waals surface area contributed by atoms with E-state index in [0.29, 0.717) is 5.69 Å². The molecule has 3 rings (SSSR count). The average Bonchev–Trinajstić information content (AvgIpc) is 2.98. The van der Waals surface area contributed by atoms with Gasteiger partial charge < -0.3 is 5.32 Å². The van der Waals surface area contributed by atoms with Gasteiger partial charge in [-0.05, 0) is 30.3 Å². The molecule has 0 atom stereocenters. The highest BCUT2D eigenvalue weighted by Gasteiger charge is 2.15. The van der Waals surface area contributed by atoms with E-state index >= 15 is 0 Å². The van der Waals surface area contributed by atoms with Gasteiger partial charge in [0.15, 0.2) is 0 Å². The van der Waals surface area contributed by atoms with Crippen LogP contribution in [0.5, 0.6) is 0 Å². The number of H-pyrrole nitrogens is 1. The molecular weight excluding hydrogens is 290 g/mol. The van der Waals surface area contributed by atoms with E-state index in [9.17, 15) is 8.42 Å². The second kappa shape index (κ2) is 5.06. The van der Waals surface area contributed by atoms with Crippen LogP contribution in [0.25, 0.3) is 10.9 Å². The Labute approximate surface area is 121 Å².